The van der Waals surface area contributed by atoms with Crippen LogP contribution in [-0.4, -0.2) is 9.97 Å². The second kappa shape index (κ2) is 7.58. The zero-order valence-electron chi connectivity index (χ0n) is 15.9. The molecule has 1 heterocycles. The van der Waals surface area contributed by atoms with Crippen molar-refractivity contribution in [2.24, 2.45) is 0 Å². The molecule has 4 aromatic carbocycles. The average Bonchev–Trinajstić information content (AvgIpc) is 2.82. The molecule has 138 valence electrons. The lowest BCUT2D eigenvalue weighted by Crippen LogP contribution is -2.40. The average molecular weight is 391 g/mol. The Balaban J connectivity index is 1.92. The van der Waals surface area contributed by atoms with Gasteiger partial charge in [-0.05, 0) is 48.5 Å². The van der Waals surface area contributed by atoms with Gasteiger partial charge in [0.15, 0.2) is 7.26 Å². The maximum atomic E-state index is 5.16. The van der Waals surface area contributed by atoms with Crippen molar-refractivity contribution in [2.45, 2.75) is 0 Å². The molecule has 0 saturated carbocycles. The first kappa shape index (κ1) is 17.7. The predicted octanol–water partition coefficient (Wildman–Crippen LogP) is 4.25. The number of fused-ring (bicyclic) bond motifs is 1. The Hall–Kier alpha value is -3.35. The van der Waals surface area contributed by atoms with Crippen LogP contribution in [0.5, 0.6) is 0 Å². The first-order valence-corrected chi connectivity index (χ1v) is 11.5. The van der Waals surface area contributed by atoms with Crippen LogP contribution in [0.1, 0.15) is 0 Å². The van der Waals surface area contributed by atoms with Crippen LogP contribution in [0.2, 0.25) is 0 Å². The molecule has 29 heavy (non-hydrogen) atoms. The van der Waals surface area contributed by atoms with E-state index in [2.05, 4.69) is 91.0 Å². The van der Waals surface area contributed by atoms with Crippen molar-refractivity contribution in [3.63, 3.8) is 0 Å². The molecule has 0 aliphatic heterocycles. The van der Waals surface area contributed by atoms with Crippen molar-refractivity contribution in [1.29, 1.82) is 0 Å². The van der Waals surface area contributed by atoms with E-state index in [1.54, 1.807) is 0 Å². The summed E-state index contributed by atoms with van der Waals surface area (Å²) in [6, 6.07) is 40.3. The van der Waals surface area contributed by atoms with Crippen molar-refractivity contribution in [3.8, 4) is 0 Å². The summed E-state index contributed by atoms with van der Waals surface area (Å²) >= 11 is 0. The molecule has 5 aromatic rings. The van der Waals surface area contributed by atoms with Gasteiger partial charge in [-0.25, -0.2) is 9.97 Å². The molecule has 2 nitrogen and oxygen atoms in total. The lowest BCUT2D eigenvalue weighted by Gasteiger charge is -2.26. The molecule has 3 heteroatoms. The topological polar surface area (TPSA) is 25.8 Å². The summed E-state index contributed by atoms with van der Waals surface area (Å²) in [4.78, 5) is 9.95. The molecule has 0 atom stereocenters. The largest absolute Gasteiger partial charge is 0.249 e. The molecule has 0 bridgehead atoms. The molecular formula is C26H20N2P+. The molecule has 0 fully saturated rings. The Labute approximate surface area is 171 Å². The van der Waals surface area contributed by atoms with E-state index in [-0.39, 0.29) is 0 Å². The summed E-state index contributed by atoms with van der Waals surface area (Å²) < 4.78 is 0. The van der Waals surface area contributed by atoms with Gasteiger partial charge in [-0.15, -0.1) is 0 Å². The number of aromatic nitrogens is 2. The number of hydrogen-bond acceptors (Lipinski definition) is 2. The Kier molecular flexibility index (Phi) is 4.63. The number of hydrogen-bond donors (Lipinski definition) is 0. The van der Waals surface area contributed by atoms with Crippen molar-refractivity contribution in [2.75, 3.05) is 0 Å². The van der Waals surface area contributed by atoms with Crippen LogP contribution in [0.4, 0.5) is 0 Å². The fraction of sp³-hybridized carbons (Fsp3) is 0. The van der Waals surface area contributed by atoms with Crippen molar-refractivity contribution < 1.29 is 0 Å². The number of benzene rings is 4. The van der Waals surface area contributed by atoms with Gasteiger partial charge in [-0.3, -0.25) is 0 Å². The maximum Gasteiger partial charge on any atom is 0.217 e. The molecule has 0 radical (unpaired) electrons. The van der Waals surface area contributed by atoms with E-state index in [1.807, 2.05) is 30.5 Å². The van der Waals surface area contributed by atoms with Crippen molar-refractivity contribution in [3.05, 3.63) is 121 Å². The van der Waals surface area contributed by atoms with Gasteiger partial charge in [0.2, 0.25) is 5.44 Å². The third-order valence-electron chi connectivity index (χ3n) is 5.21. The summed E-state index contributed by atoms with van der Waals surface area (Å²) in [7, 11) is -2.18. The van der Waals surface area contributed by atoms with E-state index >= 15 is 0 Å². The van der Waals surface area contributed by atoms with Crippen LogP contribution in [-0.2, 0) is 0 Å². The van der Waals surface area contributed by atoms with Gasteiger partial charge in [-0.1, -0.05) is 66.7 Å². The van der Waals surface area contributed by atoms with Gasteiger partial charge in [0, 0.05) is 0 Å². The van der Waals surface area contributed by atoms with Crippen molar-refractivity contribution in [1.82, 2.24) is 9.97 Å². The smallest absolute Gasteiger partial charge is 0.217 e. The van der Waals surface area contributed by atoms with Crippen LogP contribution >= 0.6 is 7.26 Å². The predicted molar refractivity (Wildman–Crippen MR) is 124 cm³/mol. The Morgan fingerprint density at radius 2 is 0.862 bits per heavy atom. The highest BCUT2D eigenvalue weighted by atomic mass is 31.2. The van der Waals surface area contributed by atoms with Crippen LogP contribution in [0.15, 0.2) is 121 Å². The minimum absolute atomic E-state index is 0.920. The zero-order valence-corrected chi connectivity index (χ0v) is 16.8. The lowest BCUT2D eigenvalue weighted by atomic mass is 10.3. The summed E-state index contributed by atoms with van der Waals surface area (Å²) in [5, 5.41) is 3.84. The van der Waals surface area contributed by atoms with Gasteiger partial charge in [-0.2, -0.15) is 0 Å². The standard InChI is InChI=1S/C26H20N2P/c1-4-12-21(13-5-1)29(22-14-6-2-7-15-22,23-16-8-3-9-17-23)26-20-27-24-18-10-11-19-25(24)28-26/h1-20H/q+1. The molecule has 0 unspecified atom stereocenters. The van der Waals surface area contributed by atoms with E-state index in [0.29, 0.717) is 0 Å². The fourth-order valence-corrected chi connectivity index (χ4v) is 7.94. The summed E-state index contributed by atoms with van der Waals surface area (Å²) in [5.74, 6) is 0. The SMILES string of the molecule is c1ccc([P+](c2ccccc2)(c2ccccc2)c2cnc3ccccc3n2)cc1. The first-order chi connectivity index (χ1) is 14.4. The van der Waals surface area contributed by atoms with Gasteiger partial charge < -0.3 is 0 Å². The molecule has 1 aromatic heterocycles. The van der Waals surface area contributed by atoms with Gasteiger partial charge in [0.1, 0.15) is 15.9 Å². The lowest BCUT2D eigenvalue weighted by molar-refractivity contribution is 1.34. The number of nitrogens with zero attached hydrogens (tertiary/aromatic N) is 2. The van der Waals surface area contributed by atoms with Crippen molar-refractivity contribution >= 4 is 39.6 Å². The normalized spacial score (nSPS) is 11.4. The molecule has 0 saturated heterocycles. The summed E-state index contributed by atoms with van der Waals surface area (Å²) in [6.45, 7) is 0. The minimum atomic E-state index is -2.18. The highest BCUT2D eigenvalue weighted by Gasteiger charge is 2.49. The van der Waals surface area contributed by atoms with Crippen LogP contribution in [0, 0.1) is 0 Å². The van der Waals surface area contributed by atoms with E-state index in [0.717, 1.165) is 16.5 Å². The molecule has 0 amide bonds. The quantitative estimate of drug-likeness (QED) is 0.428. The minimum Gasteiger partial charge on any atom is -0.249 e. The van der Waals surface area contributed by atoms with Crippen LogP contribution < -0.4 is 21.3 Å². The fourth-order valence-electron chi connectivity index (χ4n) is 3.91. The summed E-state index contributed by atoms with van der Waals surface area (Å²) in [5.41, 5.74) is 2.88. The third kappa shape index (κ3) is 3.03. The Morgan fingerprint density at radius 1 is 0.448 bits per heavy atom. The molecule has 0 aliphatic carbocycles. The molecule has 5 rings (SSSR count). The van der Waals surface area contributed by atoms with E-state index < -0.39 is 7.26 Å². The van der Waals surface area contributed by atoms with Crippen LogP contribution in [0.25, 0.3) is 11.0 Å². The second-order valence-corrected chi connectivity index (χ2v) is 10.2. The van der Waals surface area contributed by atoms with Crippen LogP contribution in [0.3, 0.4) is 0 Å². The number of rotatable bonds is 4. The molecule has 0 spiro atoms. The van der Waals surface area contributed by atoms with E-state index in [1.165, 1.54) is 15.9 Å². The maximum absolute atomic E-state index is 5.16. The Morgan fingerprint density at radius 3 is 1.34 bits per heavy atom. The molecular weight excluding hydrogens is 371 g/mol. The summed E-state index contributed by atoms with van der Waals surface area (Å²) in [6.07, 6.45) is 1.98. The number of para-hydroxylation sites is 2. The third-order valence-corrected chi connectivity index (χ3v) is 9.33. The highest BCUT2D eigenvalue weighted by Crippen LogP contribution is 2.53. The Bertz CT molecular complexity index is 1140. The zero-order chi connectivity index (χ0) is 19.5. The second-order valence-electron chi connectivity index (χ2n) is 6.89. The van der Waals surface area contributed by atoms with Gasteiger partial charge in [0.25, 0.3) is 0 Å². The van der Waals surface area contributed by atoms with Gasteiger partial charge in [0.05, 0.1) is 17.2 Å². The van der Waals surface area contributed by atoms with E-state index in [4.69, 9.17) is 9.97 Å². The van der Waals surface area contributed by atoms with E-state index in [9.17, 15) is 0 Å². The monoisotopic (exact) mass is 391 g/mol. The van der Waals surface area contributed by atoms with Gasteiger partial charge >= 0.3 is 0 Å². The molecule has 0 N–H and O–H groups in total. The first-order valence-electron chi connectivity index (χ1n) is 9.67. The highest BCUT2D eigenvalue weighted by molar-refractivity contribution is 8.01. The molecule has 0 aliphatic rings.